The van der Waals surface area contributed by atoms with E-state index in [1.54, 1.807) is 19.1 Å². The predicted octanol–water partition coefficient (Wildman–Crippen LogP) is 3.04. The molecule has 1 saturated heterocycles. The first-order chi connectivity index (χ1) is 12.6. The van der Waals surface area contributed by atoms with Crippen LogP contribution in [0.15, 0.2) is 24.3 Å². The quantitative estimate of drug-likeness (QED) is 0.617. The zero-order chi connectivity index (χ0) is 21.5. The van der Waals surface area contributed by atoms with Gasteiger partial charge in [-0.15, -0.1) is 0 Å². The first-order valence-corrected chi connectivity index (χ1v) is 7.76. The molecule has 0 aromatic heterocycles. The molecule has 0 spiro atoms. The summed E-state index contributed by atoms with van der Waals surface area (Å²) >= 11 is 0. The minimum absolute atomic E-state index is 0.0262. The maximum absolute atomic E-state index is 12.4. The van der Waals surface area contributed by atoms with E-state index < -0.39 is 43.4 Å². The second kappa shape index (κ2) is 6.66. The highest BCUT2D eigenvalue weighted by atomic mass is 16.7. The van der Waals surface area contributed by atoms with Gasteiger partial charge in [-0.05, 0) is 52.0 Å². The molecule has 1 aliphatic heterocycles. The summed E-state index contributed by atoms with van der Waals surface area (Å²) in [6.45, 7) is 6.35. The third-order valence-corrected chi connectivity index (χ3v) is 4.46. The molecule has 0 saturated carbocycles. The van der Waals surface area contributed by atoms with Crippen molar-refractivity contribution in [1.82, 2.24) is 0 Å². The molecule has 4 nitrogen and oxygen atoms in total. The maximum atomic E-state index is 12.4. The highest BCUT2D eigenvalue weighted by Gasteiger charge is 2.51. The largest absolute Gasteiger partial charge is 0.494 e. The molecular weight excluding hydrogens is 291 g/mol. The lowest BCUT2D eigenvalue weighted by molar-refractivity contribution is -0.145. The van der Waals surface area contributed by atoms with Crippen LogP contribution in [0.2, 0.25) is 0 Å². The van der Waals surface area contributed by atoms with Crippen LogP contribution < -0.4 is 5.46 Å². The molecule has 1 aromatic carbocycles. The second-order valence-electron chi connectivity index (χ2n) is 6.58. The van der Waals surface area contributed by atoms with Gasteiger partial charge in [-0.1, -0.05) is 31.1 Å². The number of ether oxygens (including phenoxy) is 1. The van der Waals surface area contributed by atoms with Gasteiger partial charge >= 0.3 is 13.1 Å². The van der Waals surface area contributed by atoms with Gasteiger partial charge in [0, 0.05) is 6.85 Å². The molecule has 0 radical (unpaired) electrons. The fraction of sp³-hybridized carbons (Fsp3) is 0.611. The highest BCUT2D eigenvalue weighted by molar-refractivity contribution is 6.62. The van der Waals surface area contributed by atoms with Gasteiger partial charge in [0.2, 0.25) is 0 Å². The van der Waals surface area contributed by atoms with Gasteiger partial charge in [0.1, 0.15) is 0 Å². The second-order valence-corrected chi connectivity index (χ2v) is 6.58. The molecule has 1 fully saturated rings. The molecule has 1 heterocycles. The summed E-state index contributed by atoms with van der Waals surface area (Å²) in [5.41, 5.74) is -0.107. The monoisotopic (exact) mass is 323 g/mol. The summed E-state index contributed by atoms with van der Waals surface area (Å²) in [6, 6.07) is 6.34. The van der Waals surface area contributed by atoms with Gasteiger partial charge in [-0.3, -0.25) is 4.79 Å². The predicted molar refractivity (Wildman–Crippen MR) is 91.8 cm³/mol. The molecule has 0 N–H and O–H groups in total. The SMILES string of the molecule is [2H]C([2H])([2H])C([2H])([2H])C(C(=O)OCC)c1ccc(B2OC(C)(C)C(C)(C)O2)cc1. The first kappa shape index (κ1) is 12.1. The lowest BCUT2D eigenvalue weighted by Gasteiger charge is -2.32. The van der Waals surface area contributed by atoms with Crippen LogP contribution in [-0.2, 0) is 18.8 Å². The number of hydrogen-bond acceptors (Lipinski definition) is 4. The molecule has 0 aliphatic carbocycles. The van der Waals surface area contributed by atoms with E-state index in [0.717, 1.165) is 0 Å². The Labute approximate surface area is 146 Å². The summed E-state index contributed by atoms with van der Waals surface area (Å²) in [5, 5.41) is 0. The summed E-state index contributed by atoms with van der Waals surface area (Å²) in [7, 11) is -0.612. The van der Waals surface area contributed by atoms with E-state index >= 15 is 0 Å². The molecule has 0 amide bonds. The molecule has 23 heavy (non-hydrogen) atoms. The fourth-order valence-corrected chi connectivity index (χ4v) is 2.33. The highest BCUT2D eigenvalue weighted by Crippen LogP contribution is 2.36. The van der Waals surface area contributed by atoms with Crippen LogP contribution in [-0.4, -0.2) is 30.9 Å². The van der Waals surface area contributed by atoms with Crippen molar-refractivity contribution in [3.63, 3.8) is 0 Å². The van der Waals surface area contributed by atoms with Crippen molar-refractivity contribution in [2.45, 2.75) is 65.0 Å². The Hall–Kier alpha value is -1.33. The summed E-state index contributed by atoms with van der Waals surface area (Å²) in [6.07, 6.45) is -2.79. The minimum atomic E-state index is -2.99. The lowest BCUT2D eigenvalue weighted by Crippen LogP contribution is -2.41. The molecule has 5 heteroatoms. The van der Waals surface area contributed by atoms with Gasteiger partial charge in [0.05, 0.1) is 23.7 Å². The van der Waals surface area contributed by atoms with E-state index in [1.165, 1.54) is 12.1 Å². The third-order valence-electron chi connectivity index (χ3n) is 4.46. The van der Waals surface area contributed by atoms with Crippen molar-refractivity contribution < 1.29 is 25.7 Å². The van der Waals surface area contributed by atoms with Gasteiger partial charge in [0.25, 0.3) is 0 Å². The van der Waals surface area contributed by atoms with E-state index in [2.05, 4.69) is 0 Å². The Balaban J connectivity index is 2.36. The van der Waals surface area contributed by atoms with Crippen molar-refractivity contribution in [2.24, 2.45) is 0 Å². The number of rotatable bonds is 5. The average Bonchev–Trinajstić information content (AvgIpc) is 2.75. The smallest absolute Gasteiger partial charge is 0.466 e. The maximum Gasteiger partial charge on any atom is 0.494 e. The Morgan fingerprint density at radius 1 is 1.26 bits per heavy atom. The summed E-state index contributed by atoms with van der Waals surface area (Å²) in [4.78, 5) is 12.4. The van der Waals surface area contributed by atoms with Gasteiger partial charge in [0.15, 0.2) is 0 Å². The van der Waals surface area contributed by atoms with Crippen LogP contribution in [0.5, 0.6) is 0 Å². The number of carbonyl (C=O) groups is 1. The zero-order valence-corrected chi connectivity index (χ0v) is 14.3. The molecule has 1 unspecified atom stereocenters. The molecule has 1 aliphatic rings. The summed E-state index contributed by atoms with van der Waals surface area (Å²) < 4.78 is 55.6. The van der Waals surface area contributed by atoms with E-state index in [4.69, 9.17) is 20.9 Å². The van der Waals surface area contributed by atoms with E-state index in [1.807, 2.05) is 27.7 Å². The Morgan fingerprint density at radius 3 is 2.30 bits per heavy atom. The Morgan fingerprint density at radius 2 is 1.83 bits per heavy atom. The fourth-order valence-electron chi connectivity index (χ4n) is 2.33. The van der Waals surface area contributed by atoms with Crippen molar-refractivity contribution in [3.8, 4) is 0 Å². The van der Waals surface area contributed by atoms with Crippen LogP contribution in [0.1, 0.15) is 66.2 Å². The summed E-state index contributed by atoms with van der Waals surface area (Å²) in [5.74, 6) is -2.49. The lowest BCUT2D eigenvalue weighted by atomic mass is 9.78. The van der Waals surface area contributed by atoms with Gasteiger partial charge < -0.3 is 14.0 Å². The van der Waals surface area contributed by atoms with E-state index in [9.17, 15) is 4.79 Å². The molecular formula is C18H27BO4. The molecule has 2 rings (SSSR count). The number of benzene rings is 1. The van der Waals surface area contributed by atoms with Crippen molar-refractivity contribution >= 4 is 18.6 Å². The normalized spacial score (nSPS) is 24.7. The van der Waals surface area contributed by atoms with Crippen LogP contribution in [0.25, 0.3) is 0 Å². The Bertz CT molecular complexity index is 700. The Kier molecular flexibility index (Phi) is 3.50. The van der Waals surface area contributed by atoms with Crippen LogP contribution in [0, 0.1) is 0 Å². The molecule has 1 aromatic rings. The van der Waals surface area contributed by atoms with Crippen LogP contribution >= 0.6 is 0 Å². The molecule has 1 atom stereocenters. The van der Waals surface area contributed by atoms with Crippen molar-refractivity contribution in [3.05, 3.63) is 29.8 Å². The zero-order valence-electron chi connectivity index (χ0n) is 19.3. The van der Waals surface area contributed by atoms with Crippen molar-refractivity contribution in [1.29, 1.82) is 0 Å². The van der Waals surface area contributed by atoms with Crippen molar-refractivity contribution in [2.75, 3.05) is 6.61 Å². The van der Waals surface area contributed by atoms with Crippen LogP contribution in [0.4, 0.5) is 0 Å². The number of hydrogen-bond donors (Lipinski definition) is 0. The molecule has 0 bridgehead atoms. The van der Waals surface area contributed by atoms with E-state index in [0.29, 0.717) is 5.46 Å². The number of esters is 1. The standard InChI is InChI=1S/C18H27BO4/c1-7-15(16(20)21-8-2)13-9-11-14(12-10-13)19-22-17(3,4)18(5,6)23-19/h9-12,15H,7-8H2,1-6H3/i1D3,7D2. The van der Waals surface area contributed by atoms with Gasteiger partial charge in [-0.25, -0.2) is 0 Å². The third kappa shape index (κ3) is 3.61. The topological polar surface area (TPSA) is 44.8 Å². The van der Waals surface area contributed by atoms with Gasteiger partial charge in [-0.2, -0.15) is 0 Å². The van der Waals surface area contributed by atoms with E-state index in [-0.39, 0.29) is 12.2 Å². The van der Waals surface area contributed by atoms with Crippen LogP contribution in [0.3, 0.4) is 0 Å². The first-order valence-electron chi connectivity index (χ1n) is 10.3. The minimum Gasteiger partial charge on any atom is -0.466 e. The number of carbonyl (C=O) groups excluding carboxylic acids is 1. The molecule has 126 valence electrons. The average molecular weight is 323 g/mol.